The van der Waals surface area contributed by atoms with Crippen LogP contribution in [0.15, 0.2) is 10.5 Å². The second-order valence-corrected chi connectivity index (χ2v) is 5.81. The lowest BCUT2D eigenvalue weighted by molar-refractivity contribution is -0.127. The molecule has 20 heavy (non-hydrogen) atoms. The lowest BCUT2D eigenvalue weighted by Gasteiger charge is -2.43. The van der Waals surface area contributed by atoms with Crippen molar-refractivity contribution in [2.24, 2.45) is 0 Å². The molecule has 108 valence electrons. The number of piperazine rings is 1. The predicted molar refractivity (Wildman–Crippen MR) is 73.4 cm³/mol. The SMILES string of the molecule is Cc1cc(C(=O)N2CC(=O)N[C@H]3CCCC[C@H]32)oc1C. The maximum atomic E-state index is 12.6. The van der Waals surface area contributed by atoms with Gasteiger partial charge >= 0.3 is 0 Å². The number of hydrogen-bond donors (Lipinski definition) is 1. The predicted octanol–water partition coefficient (Wildman–Crippen LogP) is 1.78. The molecule has 2 heterocycles. The van der Waals surface area contributed by atoms with Crippen molar-refractivity contribution >= 4 is 11.8 Å². The monoisotopic (exact) mass is 276 g/mol. The highest BCUT2D eigenvalue weighted by atomic mass is 16.4. The molecule has 0 bridgehead atoms. The summed E-state index contributed by atoms with van der Waals surface area (Å²) in [4.78, 5) is 26.1. The molecule has 1 saturated carbocycles. The van der Waals surface area contributed by atoms with Crippen LogP contribution in [0.2, 0.25) is 0 Å². The minimum atomic E-state index is -0.159. The average molecular weight is 276 g/mol. The highest BCUT2D eigenvalue weighted by molar-refractivity contribution is 5.95. The summed E-state index contributed by atoms with van der Waals surface area (Å²) in [6.07, 6.45) is 4.13. The molecule has 0 radical (unpaired) electrons. The van der Waals surface area contributed by atoms with Crippen molar-refractivity contribution in [3.63, 3.8) is 0 Å². The van der Waals surface area contributed by atoms with Crippen LogP contribution in [0.4, 0.5) is 0 Å². The van der Waals surface area contributed by atoms with Gasteiger partial charge in [-0.05, 0) is 38.3 Å². The molecule has 0 aromatic carbocycles. The van der Waals surface area contributed by atoms with Crippen LogP contribution in [0.1, 0.15) is 47.6 Å². The molecular formula is C15H20N2O3. The Morgan fingerprint density at radius 2 is 2.10 bits per heavy atom. The normalized spacial score (nSPS) is 26.1. The van der Waals surface area contributed by atoms with Gasteiger partial charge in [-0.1, -0.05) is 12.8 Å². The van der Waals surface area contributed by atoms with Crippen molar-refractivity contribution in [1.82, 2.24) is 10.2 Å². The summed E-state index contributed by atoms with van der Waals surface area (Å²) in [5, 5.41) is 3.01. The molecule has 2 amide bonds. The third kappa shape index (κ3) is 2.21. The molecular weight excluding hydrogens is 256 g/mol. The number of furan rings is 1. The van der Waals surface area contributed by atoms with Gasteiger partial charge in [-0.2, -0.15) is 0 Å². The van der Waals surface area contributed by atoms with Gasteiger partial charge in [0.15, 0.2) is 5.76 Å². The lowest BCUT2D eigenvalue weighted by Crippen LogP contribution is -2.62. The Hall–Kier alpha value is -1.78. The van der Waals surface area contributed by atoms with E-state index in [0.29, 0.717) is 5.76 Å². The summed E-state index contributed by atoms with van der Waals surface area (Å²) in [6, 6.07) is 1.98. The van der Waals surface area contributed by atoms with E-state index in [9.17, 15) is 9.59 Å². The summed E-state index contributed by atoms with van der Waals surface area (Å²) in [5.41, 5.74) is 0.968. The van der Waals surface area contributed by atoms with E-state index >= 15 is 0 Å². The summed E-state index contributed by atoms with van der Waals surface area (Å²) in [7, 11) is 0. The van der Waals surface area contributed by atoms with E-state index < -0.39 is 0 Å². The molecule has 1 aliphatic carbocycles. The van der Waals surface area contributed by atoms with Crippen LogP contribution < -0.4 is 5.32 Å². The Morgan fingerprint density at radius 3 is 2.80 bits per heavy atom. The molecule has 5 nitrogen and oxygen atoms in total. The summed E-state index contributed by atoms with van der Waals surface area (Å²) in [5.74, 6) is 0.878. The largest absolute Gasteiger partial charge is 0.456 e. The number of rotatable bonds is 1. The van der Waals surface area contributed by atoms with Crippen molar-refractivity contribution in [3.05, 3.63) is 23.2 Å². The van der Waals surface area contributed by atoms with Crippen LogP contribution >= 0.6 is 0 Å². The maximum absolute atomic E-state index is 12.6. The number of hydrogen-bond acceptors (Lipinski definition) is 3. The van der Waals surface area contributed by atoms with Gasteiger partial charge in [0.05, 0.1) is 6.04 Å². The quantitative estimate of drug-likeness (QED) is 0.850. The number of aryl methyl sites for hydroxylation is 2. The summed E-state index contributed by atoms with van der Waals surface area (Å²) in [6.45, 7) is 3.90. The van der Waals surface area contributed by atoms with Crippen molar-refractivity contribution in [2.45, 2.75) is 51.6 Å². The molecule has 2 aliphatic rings. The summed E-state index contributed by atoms with van der Waals surface area (Å²) >= 11 is 0. The first-order chi connectivity index (χ1) is 9.56. The lowest BCUT2D eigenvalue weighted by atomic mass is 9.87. The molecule has 1 N–H and O–H groups in total. The fourth-order valence-corrected chi connectivity index (χ4v) is 3.22. The third-order valence-corrected chi connectivity index (χ3v) is 4.43. The Balaban J connectivity index is 1.86. The molecule has 1 saturated heterocycles. The van der Waals surface area contributed by atoms with Crippen molar-refractivity contribution in [1.29, 1.82) is 0 Å². The van der Waals surface area contributed by atoms with Gasteiger partial charge in [0.1, 0.15) is 12.3 Å². The molecule has 5 heteroatoms. The van der Waals surface area contributed by atoms with Crippen molar-refractivity contribution in [2.75, 3.05) is 6.54 Å². The van der Waals surface area contributed by atoms with Gasteiger partial charge < -0.3 is 14.6 Å². The van der Waals surface area contributed by atoms with E-state index in [2.05, 4.69) is 5.32 Å². The molecule has 2 fully saturated rings. The van der Waals surface area contributed by atoms with Crippen LogP contribution in [-0.4, -0.2) is 35.3 Å². The van der Waals surface area contributed by atoms with E-state index in [0.717, 1.165) is 37.0 Å². The number of nitrogens with one attached hydrogen (secondary N) is 1. The number of amides is 2. The molecule has 1 aromatic rings. The number of carbonyl (C=O) groups is 2. The Bertz CT molecular complexity index is 530. The van der Waals surface area contributed by atoms with E-state index in [-0.39, 0.29) is 30.4 Å². The van der Waals surface area contributed by atoms with E-state index in [1.54, 1.807) is 11.0 Å². The molecule has 1 aromatic heterocycles. The van der Waals surface area contributed by atoms with E-state index in [4.69, 9.17) is 4.42 Å². The molecule has 2 atom stereocenters. The molecule has 0 spiro atoms. The minimum absolute atomic E-state index is 0.0681. The van der Waals surface area contributed by atoms with Gasteiger partial charge in [-0.3, -0.25) is 9.59 Å². The fraction of sp³-hybridized carbons (Fsp3) is 0.600. The number of fused-ring (bicyclic) bond motifs is 1. The van der Waals surface area contributed by atoms with Gasteiger partial charge in [0, 0.05) is 6.04 Å². The number of nitrogens with zero attached hydrogens (tertiary/aromatic N) is 1. The first-order valence-electron chi connectivity index (χ1n) is 7.23. The van der Waals surface area contributed by atoms with Gasteiger partial charge in [0.2, 0.25) is 5.91 Å². The molecule has 1 aliphatic heterocycles. The standard InChI is InChI=1S/C15H20N2O3/c1-9-7-13(20-10(9)2)15(19)17-8-14(18)16-11-5-3-4-6-12(11)17/h7,11-12H,3-6,8H2,1-2H3,(H,16,18)/t11-,12+/m0/s1. The first kappa shape index (κ1) is 13.2. The molecule has 0 unspecified atom stereocenters. The van der Waals surface area contributed by atoms with Crippen LogP contribution in [-0.2, 0) is 4.79 Å². The Labute approximate surface area is 118 Å². The van der Waals surface area contributed by atoms with Gasteiger partial charge in [-0.25, -0.2) is 0 Å². The minimum Gasteiger partial charge on any atom is -0.456 e. The average Bonchev–Trinajstić information content (AvgIpc) is 2.77. The Kier molecular flexibility index (Phi) is 3.28. The summed E-state index contributed by atoms with van der Waals surface area (Å²) < 4.78 is 5.52. The number of carbonyl (C=O) groups excluding carboxylic acids is 2. The third-order valence-electron chi connectivity index (χ3n) is 4.43. The van der Waals surface area contributed by atoms with Crippen LogP contribution in [0.3, 0.4) is 0 Å². The smallest absolute Gasteiger partial charge is 0.290 e. The fourth-order valence-electron chi connectivity index (χ4n) is 3.22. The molecule has 3 rings (SSSR count). The second kappa shape index (κ2) is 4.96. The highest BCUT2D eigenvalue weighted by Gasteiger charge is 2.39. The van der Waals surface area contributed by atoms with E-state index in [1.807, 2.05) is 13.8 Å². The highest BCUT2D eigenvalue weighted by Crippen LogP contribution is 2.27. The topological polar surface area (TPSA) is 62.6 Å². The Morgan fingerprint density at radius 1 is 1.35 bits per heavy atom. The van der Waals surface area contributed by atoms with Crippen LogP contribution in [0.25, 0.3) is 0 Å². The first-order valence-corrected chi connectivity index (χ1v) is 7.23. The van der Waals surface area contributed by atoms with Gasteiger partial charge in [-0.15, -0.1) is 0 Å². The zero-order chi connectivity index (χ0) is 14.3. The maximum Gasteiger partial charge on any atom is 0.290 e. The zero-order valence-electron chi connectivity index (χ0n) is 11.9. The van der Waals surface area contributed by atoms with Gasteiger partial charge in [0.25, 0.3) is 5.91 Å². The van der Waals surface area contributed by atoms with E-state index in [1.165, 1.54) is 0 Å². The van der Waals surface area contributed by atoms with Crippen LogP contribution in [0, 0.1) is 13.8 Å². The van der Waals surface area contributed by atoms with Crippen LogP contribution in [0.5, 0.6) is 0 Å². The van der Waals surface area contributed by atoms with Crippen molar-refractivity contribution in [3.8, 4) is 0 Å². The zero-order valence-corrected chi connectivity index (χ0v) is 11.9. The second-order valence-electron chi connectivity index (χ2n) is 5.81. The van der Waals surface area contributed by atoms with Crippen molar-refractivity contribution < 1.29 is 14.0 Å².